The third kappa shape index (κ3) is 5.20. The molecule has 2 aromatic carbocycles. The van der Waals surface area contributed by atoms with Gasteiger partial charge in [-0.2, -0.15) is 0 Å². The topological polar surface area (TPSA) is 40.5 Å². The molecule has 1 atom stereocenters. The molecule has 0 aliphatic rings. The van der Waals surface area contributed by atoms with Gasteiger partial charge in [0, 0.05) is 29.8 Å². The van der Waals surface area contributed by atoms with E-state index in [-0.39, 0.29) is 30.4 Å². The van der Waals surface area contributed by atoms with Gasteiger partial charge in [0.2, 0.25) is 0 Å². The van der Waals surface area contributed by atoms with E-state index in [2.05, 4.69) is 13.8 Å². The van der Waals surface area contributed by atoms with Gasteiger partial charge in [0.05, 0.1) is 0 Å². The molecule has 4 heteroatoms. The van der Waals surface area contributed by atoms with Gasteiger partial charge in [-0.3, -0.25) is 4.79 Å². The van der Waals surface area contributed by atoms with E-state index in [1.54, 1.807) is 18.2 Å². The van der Waals surface area contributed by atoms with Crippen molar-refractivity contribution in [1.82, 2.24) is 4.90 Å². The van der Waals surface area contributed by atoms with Crippen LogP contribution >= 0.6 is 0 Å². The Morgan fingerprint density at radius 2 is 1.79 bits per heavy atom. The minimum absolute atomic E-state index is 0.00726. The van der Waals surface area contributed by atoms with Crippen LogP contribution in [0.4, 0.5) is 4.39 Å². The van der Waals surface area contributed by atoms with E-state index in [4.69, 9.17) is 5.11 Å². The molecular weight excluding hydrogens is 353 g/mol. The fourth-order valence-electron chi connectivity index (χ4n) is 3.59. The van der Waals surface area contributed by atoms with Crippen LogP contribution < -0.4 is 0 Å². The van der Waals surface area contributed by atoms with Gasteiger partial charge in [-0.25, -0.2) is 4.39 Å². The summed E-state index contributed by atoms with van der Waals surface area (Å²) in [4.78, 5) is 15.1. The molecule has 0 radical (unpaired) electrons. The van der Waals surface area contributed by atoms with E-state index in [1.165, 1.54) is 6.07 Å². The van der Waals surface area contributed by atoms with E-state index < -0.39 is 0 Å². The molecular formula is C24H32FNO2. The Hall–Kier alpha value is -2.20. The molecule has 0 saturated heterocycles. The van der Waals surface area contributed by atoms with E-state index >= 15 is 0 Å². The second-order valence-electron chi connectivity index (χ2n) is 7.60. The molecule has 0 spiro atoms. The van der Waals surface area contributed by atoms with Crippen LogP contribution in [0.15, 0.2) is 42.5 Å². The molecule has 0 heterocycles. The van der Waals surface area contributed by atoms with Crippen molar-refractivity contribution in [3.05, 3.63) is 59.4 Å². The van der Waals surface area contributed by atoms with Crippen molar-refractivity contribution in [3.8, 4) is 11.1 Å². The standard InChI is InChI=1S/C24H32FNO2/c1-5-18(4)26(17(2)3)24(28)20-13-14-21(19(16-20)10-8-9-15-27)22-11-6-7-12-23(22)25/h6-7,11-14,16-18,27H,5,8-10,15H2,1-4H3/t18-/m1/s1. The van der Waals surface area contributed by atoms with Crippen molar-refractivity contribution in [2.24, 2.45) is 0 Å². The van der Waals surface area contributed by atoms with Gasteiger partial charge in [-0.05, 0) is 75.8 Å². The molecule has 1 amide bonds. The van der Waals surface area contributed by atoms with Crippen LogP contribution in [0.25, 0.3) is 11.1 Å². The Morgan fingerprint density at radius 3 is 2.39 bits per heavy atom. The fraction of sp³-hybridized carbons (Fsp3) is 0.458. The van der Waals surface area contributed by atoms with Gasteiger partial charge in [0.25, 0.3) is 5.91 Å². The third-order valence-corrected chi connectivity index (χ3v) is 5.23. The summed E-state index contributed by atoms with van der Waals surface area (Å²) in [5.41, 5.74) is 2.93. The number of carbonyl (C=O) groups is 1. The summed E-state index contributed by atoms with van der Waals surface area (Å²) in [5, 5.41) is 9.12. The Labute approximate surface area is 168 Å². The highest BCUT2D eigenvalue weighted by molar-refractivity contribution is 5.95. The zero-order chi connectivity index (χ0) is 20.7. The summed E-state index contributed by atoms with van der Waals surface area (Å²) in [6.45, 7) is 8.32. The lowest BCUT2D eigenvalue weighted by Gasteiger charge is -2.32. The number of hydrogen-bond donors (Lipinski definition) is 1. The molecule has 0 aliphatic heterocycles. The van der Waals surface area contributed by atoms with Crippen molar-refractivity contribution in [2.75, 3.05) is 6.61 Å². The second kappa shape index (κ2) is 10.4. The fourth-order valence-corrected chi connectivity index (χ4v) is 3.59. The number of halogens is 1. The molecule has 0 aliphatic carbocycles. The van der Waals surface area contributed by atoms with Gasteiger partial charge in [-0.15, -0.1) is 0 Å². The molecule has 0 unspecified atom stereocenters. The number of nitrogens with zero attached hydrogens (tertiary/aromatic N) is 1. The SMILES string of the molecule is CC[C@@H](C)N(C(=O)c1ccc(-c2ccccc2F)c(CCCCO)c1)C(C)C. The predicted octanol–water partition coefficient (Wildman–Crippen LogP) is 5.46. The lowest BCUT2D eigenvalue weighted by Crippen LogP contribution is -2.43. The number of rotatable bonds is 9. The minimum atomic E-state index is -0.270. The number of aryl methyl sites for hydroxylation is 1. The van der Waals surface area contributed by atoms with Gasteiger partial charge < -0.3 is 10.0 Å². The lowest BCUT2D eigenvalue weighted by atomic mass is 9.93. The van der Waals surface area contributed by atoms with Crippen LogP contribution in [0.3, 0.4) is 0 Å². The number of amides is 1. The zero-order valence-corrected chi connectivity index (χ0v) is 17.4. The van der Waals surface area contributed by atoms with Crippen molar-refractivity contribution in [2.45, 2.75) is 65.5 Å². The third-order valence-electron chi connectivity index (χ3n) is 5.23. The first kappa shape index (κ1) is 22.1. The quantitative estimate of drug-likeness (QED) is 0.583. The molecule has 0 aromatic heterocycles. The molecule has 0 fully saturated rings. The van der Waals surface area contributed by atoms with Crippen molar-refractivity contribution in [3.63, 3.8) is 0 Å². The zero-order valence-electron chi connectivity index (χ0n) is 17.4. The average molecular weight is 386 g/mol. The molecule has 1 N–H and O–H groups in total. The normalized spacial score (nSPS) is 12.2. The van der Waals surface area contributed by atoms with Crippen molar-refractivity contribution >= 4 is 5.91 Å². The first-order valence-electron chi connectivity index (χ1n) is 10.2. The largest absolute Gasteiger partial charge is 0.396 e. The Kier molecular flexibility index (Phi) is 8.18. The van der Waals surface area contributed by atoms with Crippen LogP contribution in [-0.2, 0) is 6.42 Å². The highest BCUT2D eigenvalue weighted by atomic mass is 19.1. The summed E-state index contributed by atoms with van der Waals surface area (Å²) in [7, 11) is 0. The number of unbranched alkanes of at least 4 members (excludes halogenated alkanes) is 1. The molecule has 0 saturated carbocycles. The summed E-state index contributed by atoms with van der Waals surface area (Å²) in [6, 6.07) is 12.5. The maximum absolute atomic E-state index is 14.4. The van der Waals surface area contributed by atoms with Crippen LogP contribution in [0, 0.1) is 5.82 Å². The number of hydrogen-bond acceptors (Lipinski definition) is 2. The Balaban J connectivity index is 2.46. The van der Waals surface area contributed by atoms with Crippen molar-refractivity contribution in [1.29, 1.82) is 0 Å². The summed E-state index contributed by atoms with van der Waals surface area (Å²) in [5.74, 6) is -0.263. The minimum Gasteiger partial charge on any atom is -0.396 e. The molecule has 2 aromatic rings. The molecule has 28 heavy (non-hydrogen) atoms. The van der Waals surface area contributed by atoms with Gasteiger partial charge in [0.15, 0.2) is 0 Å². The number of benzene rings is 2. The van der Waals surface area contributed by atoms with Crippen LogP contribution in [0.2, 0.25) is 0 Å². The Bertz CT molecular complexity index is 788. The van der Waals surface area contributed by atoms with Gasteiger partial charge >= 0.3 is 0 Å². The van der Waals surface area contributed by atoms with Gasteiger partial charge in [-0.1, -0.05) is 31.2 Å². The van der Waals surface area contributed by atoms with Crippen LogP contribution in [-0.4, -0.2) is 34.6 Å². The van der Waals surface area contributed by atoms with Crippen LogP contribution in [0.1, 0.15) is 62.9 Å². The van der Waals surface area contributed by atoms with Crippen LogP contribution in [0.5, 0.6) is 0 Å². The predicted molar refractivity (Wildman–Crippen MR) is 113 cm³/mol. The molecule has 2 rings (SSSR count). The maximum Gasteiger partial charge on any atom is 0.254 e. The highest BCUT2D eigenvalue weighted by Crippen LogP contribution is 2.29. The average Bonchev–Trinajstić information content (AvgIpc) is 2.68. The van der Waals surface area contributed by atoms with Gasteiger partial charge in [0.1, 0.15) is 5.82 Å². The first-order valence-corrected chi connectivity index (χ1v) is 10.2. The molecule has 152 valence electrons. The lowest BCUT2D eigenvalue weighted by molar-refractivity contribution is 0.0621. The van der Waals surface area contributed by atoms with Crippen molar-refractivity contribution < 1.29 is 14.3 Å². The highest BCUT2D eigenvalue weighted by Gasteiger charge is 2.24. The number of aliphatic hydroxyl groups is 1. The second-order valence-corrected chi connectivity index (χ2v) is 7.60. The smallest absolute Gasteiger partial charge is 0.254 e. The summed E-state index contributed by atoms with van der Waals surface area (Å²) in [6.07, 6.45) is 3.05. The van der Waals surface area contributed by atoms with E-state index in [9.17, 15) is 9.18 Å². The summed E-state index contributed by atoms with van der Waals surface area (Å²) >= 11 is 0. The first-order chi connectivity index (χ1) is 13.4. The maximum atomic E-state index is 14.4. The molecule has 0 bridgehead atoms. The Morgan fingerprint density at radius 1 is 1.07 bits per heavy atom. The monoisotopic (exact) mass is 385 g/mol. The van der Waals surface area contributed by atoms with E-state index in [0.29, 0.717) is 24.0 Å². The number of carbonyl (C=O) groups excluding carboxylic acids is 1. The number of aliphatic hydroxyl groups excluding tert-OH is 1. The molecule has 3 nitrogen and oxygen atoms in total. The van der Waals surface area contributed by atoms with E-state index in [1.807, 2.05) is 36.9 Å². The summed E-state index contributed by atoms with van der Waals surface area (Å²) < 4.78 is 14.4. The van der Waals surface area contributed by atoms with E-state index in [0.717, 1.165) is 24.0 Å².